The molecule has 7 nitrogen and oxygen atoms in total. The van der Waals surface area contributed by atoms with Gasteiger partial charge >= 0.3 is 5.69 Å². The van der Waals surface area contributed by atoms with Gasteiger partial charge in [-0.05, 0) is 0 Å². The minimum absolute atomic E-state index is 0.161. The predicted molar refractivity (Wildman–Crippen MR) is 42.5 cm³/mol. The van der Waals surface area contributed by atoms with Gasteiger partial charge in [0.05, 0.1) is 0 Å². The number of aliphatic hydroxyl groups is 1. The second kappa shape index (κ2) is 2.11. The molecular formula is C5H7N5O2. The molecule has 2 rings (SSSR count). The number of aromatic nitrogens is 2. The van der Waals surface area contributed by atoms with E-state index in [0.29, 0.717) is 5.69 Å². The molecule has 1 atom stereocenters. The topological polar surface area (TPSA) is 116 Å². The number of H-pyrrole nitrogens is 1. The molecule has 1 aromatic heterocycles. The van der Waals surface area contributed by atoms with Crippen LogP contribution in [0.25, 0.3) is 0 Å². The molecule has 0 aliphatic carbocycles. The summed E-state index contributed by atoms with van der Waals surface area (Å²) in [5, 5.41) is 14.1. The second-order valence-corrected chi connectivity index (χ2v) is 2.37. The smallest absolute Gasteiger partial charge is 0.348 e. The maximum absolute atomic E-state index is 10.8. The van der Waals surface area contributed by atoms with Gasteiger partial charge in [-0.1, -0.05) is 0 Å². The van der Waals surface area contributed by atoms with Gasteiger partial charge in [-0.25, -0.2) is 4.79 Å². The fourth-order valence-electron chi connectivity index (χ4n) is 1.04. The lowest BCUT2D eigenvalue weighted by Gasteiger charge is -2.01. The summed E-state index contributed by atoms with van der Waals surface area (Å²) in [6.45, 7) is 0. The van der Waals surface area contributed by atoms with E-state index in [9.17, 15) is 4.79 Å². The summed E-state index contributed by atoms with van der Waals surface area (Å²) in [6, 6.07) is 0. The Labute approximate surface area is 66.6 Å². The summed E-state index contributed by atoms with van der Waals surface area (Å²) < 4.78 is 0. The number of nitrogens with zero attached hydrogens (tertiary/aromatic N) is 1. The SMILES string of the molecule is Nc1[nH]c(=O)nc2c1NC(O)N2. The minimum Gasteiger partial charge on any atom is -0.383 e. The molecule has 1 aliphatic rings. The van der Waals surface area contributed by atoms with E-state index in [1.165, 1.54) is 0 Å². The predicted octanol–water partition coefficient (Wildman–Crippen LogP) is -1.53. The first kappa shape index (κ1) is 6.92. The van der Waals surface area contributed by atoms with Crippen LogP contribution in [0.4, 0.5) is 17.3 Å². The first-order chi connectivity index (χ1) is 5.66. The van der Waals surface area contributed by atoms with Crippen LogP contribution in [0.3, 0.4) is 0 Å². The Bertz CT molecular complexity index is 373. The van der Waals surface area contributed by atoms with Crippen molar-refractivity contribution in [2.24, 2.45) is 0 Å². The molecule has 7 heteroatoms. The number of fused-ring (bicyclic) bond motifs is 1. The van der Waals surface area contributed by atoms with Gasteiger partial charge in [-0.3, -0.25) is 4.98 Å². The highest BCUT2D eigenvalue weighted by Crippen LogP contribution is 2.27. The monoisotopic (exact) mass is 169 g/mol. The van der Waals surface area contributed by atoms with Crippen molar-refractivity contribution in [1.29, 1.82) is 0 Å². The van der Waals surface area contributed by atoms with E-state index in [1.54, 1.807) is 0 Å². The summed E-state index contributed by atoms with van der Waals surface area (Å²) in [4.78, 5) is 16.6. The summed E-state index contributed by atoms with van der Waals surface area (Å²) in [7, 11) is 0. The van der Waals surface area contributed by atoms with Crippen LogP contribution in [0.1, 0.15) is 0 Å². The number of hydrogen-bond acceptors (Lipinski definition) is 6. The molecule has 0 saturated heterocycles. The van der Waals surface area contributed by atoms with Crippen molar-refractivity contribution in [3.05, 3.63) is 10.5 Å². The van der Waals surface area contributed by atoms with Crippen LogP contribution >= 0.6 is 0 Å². The van der Waals surface area contributed by atoms with Gasteiger partial charge < -0.3 is 21.5 Å². The van der Waals surface area contributed by atoms with Crippen molar-refractivity contribution in [2.75, 3.05) is 16.4 Å². The van der Waals surface area contributed by atoms with E-state index in [0.717, 1.165) is 0 Å². The molecule has 1 aliphatic heterocycles. The Hall–Kier alpha value is -1.76. The average molecular weight is 169 g/mol. The van der Waals surface area contributed by atoms with Crippen molar-refractivity contribution in [3.8, 4) is 0 Å². The van der Waals surface area contributed by atoms with E-state index in [1.807, 2.05) is 0 Å². The largest absolute Gasteiger partial charge is 0.383 e. The highest BCUT2D eigenvalue weighted by Gasteiger charge is 2.21. The first-order valence-electron chi connectivity index (χ1n) is 3.28. The zero-order chi connectivity index (χ0) is 8.72. The molecule has 1 unspecified atom stereocenters. The molecule has 64 valence electrons. The van der Waals surface area contributed by atoms with Crippen LogP contribution in [0.15, 0.2) is 4.79 Å². The van der Waals surface area contributed by atoms with Gasteiger partial charge in [0.15, 0.2) is 5.82 Å². The van der Waals surface area contributed by atoms with Crippen molar-refractivity contribution in [2.45, 2.75) is 6.35 Å². The number of hydrogen-bond donors (Lipinski definition) is 5. The third kappa shape index (κ3) is 0.873. The molecule has 0 bridgehead atoms. The molecule has 0 aromatic carbocycles. The molecule has 6 N–H and O–H groups in total. The van der Waals surface area contributed by atoms with Gasteiger partial charge in [-0.2, -0.15) is 4.98 Å². The van der Waals surface area contributed by atoms with Crippen LogP contribution in [0.5, 0.6) is 0 Å². The highest BCUT2D eigenvalue weighted by atomic mass is 16.3. The van der Waals surface area contributed by atoms with Gasteiger partial charge in [-0.15, -0.1) is 0 Å². The molecule has 0 radical (unpaired) electrons. The molecule has 0 fully saturated rings. The van der Waals surface area contributed by atoms with E-state index >= 15 is 0 Å². The minimum atomic E-state index is -0.940. The highest BCUT2D eigenvalue weighted by molar-refractivity contribution is 5.79. The van der Waals surface area contributed by atoms with Crippen LogP contribution in [-0.4, -0.2) is 21.4 Å². The van der Waals surface area contributed by atoms with E-state index in [4.69, 9.17) is 10.8 Å². The normalized spacial score (nSPS) is 19.6. The van der Waals surface area contributed by atoms with Crippen LogP contribution < -0.4 is 22.1 Å². The number of aromatic amines is 1. The maximum atomic E-state index is 10.8. The Morgan fingerprint density at radius 2 is 2.25 bits per heavy atom. The van der Waals surface area contributed by atoms with Gasteiger partial charge in [0.25, 0.3) is 0 Å². The van der Waals surface area contributed by atoms with Crippen molar-refractivity contribution in [3.63, 3.8) is 0 Å². The zero-order valence-electron chi connectivity index (χ0n) is 5.96. The molecule has 1 aromatic rings. The summed E-state index contributed by atoms with van der Waals surface area (Å²) >= 11 is 0. The Balaban J connectivity index is 2.60. The van der Waals surface area contributed by atoms with Crippen LogP contribution in [-0.2, 0) is 0 Å². The molecule has 2 heterocycles. The number of nitrogens with two attached hydrogens (primary N) is 1. The van der Waals surface area contributed by atoms with E-state index in [2.05, 4.69) is 20.6 Å². The van der Waals surface area contributed by atoms with Gasteiger partial charge in [0, 0.05) is 0 Å². The lowest BCUT2D eigenvalue weighted by atomic mass is 10.4. The van der Waals surface area contributed by atoms with Crippen LogP contribution in [0.2, 0.25) is 0 Å². The fraction of sp³-hybridized carbons (Fsp3) is 0.200. The van der Waals surface area contributed by atoms with E-state index in [-0.39, 0.29) is 11.6 Å². The maximum Gasteiger partial charge on any atom is 0.348 e. The molecular weight excluding hydrogens is 162 g/mol. The summed E-state index contributed by atoms with van der Waals surface area (Å²) in [6.07, 6.45) is -0.940. The number of nitrogens with one attached hydrogen (secondary N) is 3. The van der Waals surface area contributed by atoms with Gasteiger partial charge in [0.1, 0.15) is 11.5 Å². The van der Waals surface area contributed by atoms with Gasteiger partial charge in [0.2, 0.25) is 6.35 Å². The summed E-state index contributed by atoms with van der Waals surface area (Å²) in [5.41, 5.74) is 5.30. The third-order valence-corrected chi connectivity index (χ3v) is 1.52. The molecule has 0 saturated carbocycles. The number of rotatable bonds is 0. The van der Waals surface area contributed by atoms with Crippen LogP contribution in [0, 0.1) is 0 Å². The molecule has 0 spiro atoms. The molecule has 12 heavy (non-hydrogen) atoms. The summed E-state index contributed by atoms with van der Waals surface area (Å²) in [5.74, 6) is 0.429. The fourth-order valence-corrected chi connectivity index (χ4v) is 1.04. The van der Waals surface area contributed by atoms with E-state index < -0.39 is 12.0 Å². The number of aliphatic hydroxyl groups excluding tert-OH is 1. The van der Waals surface area contributed by atoms with Crippen molar-refractivity contribution < 1.29 is 5.11 Å². The standard InChI is InChI=1S/C5H7N5O2/c6-2-1-3(9-4(11)7-1)10-5(12)8-2/h4,7,11H,(H4,6,8,9,10,12). The number of anilines is 3. The number of nitrogen functional groups attached to an aromatic ring is 1. The second-order valence-electron chi connectivity index (χ2n) is 2.37. The lowest BCUT2D eigenvalue weighted by Crippen LogP contribution is -2.20. The average Bonchev–Trinajstić information content (AvgIpc) is 2.29. The quantitative estimate of drug-likeness (QED) is 0.321. The molecule has 0 amide bonds. The lowest BCUT2D eigenvalue weighted by molar-refractivity contribution is 0.238. The Morgan fingerprint density at radius 3 is 3.00 bits per heavy atom. The first-order valence-corrected chi connectivity index (χ1v) is 3.28. The Kier molecular flexibility index (Phi) is 1.22. The van der Waals surface area contributed by atoms with Crippen molar-refractivity contribution in [1.82, 2.24) is 9.97 Å². The zero-order valence-corrected chi connectivity index (χ0v) is 5.96. The Morgan fingerprint density at radius 1 is 1.50 bits per heavy atom. The third-order valence-electron chi connectivity index (χ3n) is 1.52. The van der Waals surface area contributed by atoms with Crippen molar-refractivity contribution >= 4 is 17.3 Å².